The van der Waals surface area contributed by atoms with Crippen molar-refractivity contribution in [3.05, 3.63) is 40.4 Å². The molecule has 128 valence electrons. The predicted octanol–water partition coefficient (Wildman–Crippen LogP) is 3.52. The zero-order chi connectivity index (χ0) is 17.1. The molecule has 6 heteroatoms. The molecule has 0 saturated carbocycles. The highest BCUT2D eigenvalue weighted by Crippen LogP contribution is 2.34. The van der Waals surface area contributed by atoms with Crippen molar-refractivity contribution < 1.29 is 9.53 Å². The van der Waals surface area contributed by atoms with Gasteiger partial charge in [0.05, 0.1) is 12.8 Å². The first-order chi connectivity index (χ1) is 11.6. The molecule has 0 unspecified atom stereocenters. The molecule has 24 heavy (non-hydrogen) atoms. The Hall–Kier alpha value is -2.08. The Kier molecular flexibility index (Phi) is 5.04. The topological polar surface area (TPSA) is 54.5 Å². The molecule has 1 fully saturated rings. The number of ether oxygens (including phenoxy) is 1. The van der Waals surface area contributed by atoms with Gasteiger partial charge in [0.15, 0.2) is 5.13 Å². The first-order valence-electron chi connectivity index (χ1n) is 8.27. The first-order valence-corrected chi connectivity index (χ1v) is 9.09. The smallest absolute Gasteiger partial charge is 0.265 e. The molecule has 1 amide bonds. The second kappa shape index (κ2) is 7.21. The van der Waals surface area contributed by atoms with Crippen LogP contribution in [-0.2, 0) is 0 Å². The largest absolute Gasteiger partial charge is 0.496 e. The van der Waals surface area contributed by atoms with Gasteiger partial charge in [0.1, 0.15) is 10.6 Å². The van der Waals surface area contributed by atoms with Gasteiger partial charge in [0, 0.05) is 25.6 Å². The summed E-state index contributed by atoms with van der Waals surface area (Å²) in [5, 5.41) is 4.00. The Morgan fingerprint density at radius 3 is 3.00 bits per heavy atom. The lowest BCUT2D eigenvalue weighted by Crippen LogP contribution is -2.28. The molecule has 1 saturated heterocycles. The number of likely N-dealkylation sites (tertiary alicyclic amines) is 1. The van der Waals surface area contributed by atoms with Gasteiger partial charge in [-0.15, -0.1) is 0 Å². The van der Waals surface area contributed by atoms with Crippen LogP contribution < -0.4 is 10.1 Å². The summed E-state index contributed by atoms with van der Waals surface area (Å²) in [6.45, 7) is 6.23. The maximum atomic E-state index is 12.9. The monoisotopic (exact) mass is 345 g/mol. The lowest BCUT2D eigenvalue weighted by Gasteiger charge is -2.17. The number of anilines is 1. The minimum atomic E-state index is 0.0894. The van der Waals surface area contributed by atoms with Crippen LogP contribution in [0.25, 0.3) is 0 Å². The third-order valence-corrected chi connectivity index (χ3v) is 5.48. The molecule has 2 heterocycles. The number of nitrogens with one attached hydrogen (secondary N) is 1. The zero-order valence-corrected chi connectivity index (χ0v) is 15.2. The van der Waals surface area contributed by atoms with Crippen LogP contribution >= 0.6 is 11.3 Å². The number of amides is 1. The lowest BCUT2D eigenvalue weighted by atomic mass is 9.97. The normalized spacial score (nSPS) is 17.1. The summed E-state index contributed by atoms with van der Waals surface area (Å²) >= 11 is 1.45. The number of thiazole rings is 1. The van der Waals surface area contributed by atoms with E-state index in [1.807, 2.05) is 36.9 Å². The quantitative estimate of drug-likeness (QED) is 0.901. The molecule has 1 aliphatic rings. The van der Waals surface area contributed by atoms with Gasteiger partial charge in [-0.3, -0.25) is 4.79 Å². The van der Waals surface area contributed by atoms with Crippen molar-refractivity contribution in [2.45, 2.75) is 26.2 Å². The molecule has 3 rings (SSSR count). The van der Waals surface area contributed by atoms with E-state index in [1.165, 1.54) is 16.9 Å². The summed E-state index contributed by atoms with van der Waals surface area (Å²) in [4.78, 5) is 20.0. The van der Waals surface area contributed by atoms with Crippen LogP contribution in [0, 0.1) is 6.92 Å². The van der Waals surface area contributed by atoms with Crippen LogP contribution in [0.4, 0.5) is 5.13 Å². The lowest BCUT2D eigenvalue weighted by molar-refractivity contribution is 0.0794. The SMILES string of the molecule is CCNc1nc(C)c(C(=O)N2CC[C@@H](c3ccccc3OC)C2)s1. The van der Waals surface area contributed by atoms with Crippen LogP contribution in [0.2, 0.25) is 0 Å². The number of methoxy groups -OCH3 is 1. The van der Waals surface area contributed by atoms with Crippen molar-refractivity contribution in [3.63, 3.8) is 0 Å². The van der Waals surface area contributed by atoms with Gasteiger partial charge in [0.2, 0.25) is 0 Å². The number of benzene rings is 1. The van der Waals surface area contributed by atoms with Crippen LogP contribution in [-0.4, -0.2) is 42.5 Å². The number of aryl methyl sites for hydroxylation is 1. The highest BCUT2D eigenvalue weighted by Gasteiger charge is 2.31. The maximum absolute atomic E-state index is 12.9. The molecule has 0 aliphatic carbocycles. The minimum Gasteiger partial charge on any atom is -0.496 e. The molecule has 1 atom stereocenters. The van der Waals surface area contributed by atoms with Gasteiger partial charge in [-0.1, -0.05) is 29.5 Å². The number of rotatable bonds is 5. The number of para-hydroxylation sites is 1. The van der Waals surface area contributed by atoms with Gasteiger partial charge in [-0.2, -0.15) is 0 Å². The fourth-order valence-corrected chi connectivity index (χ4v) is 4.17. The van der Waals surface area contributed by atoms with E-state index in [4.69, 9.17) is 4.74 Å². The highest BCUT2D eigenvalue weighted by molar-refractivity contribution is 7.17. The summed E-state index contributed by atoms with van der Waals surface area (Å²) in [6.07, 6.45) is 0.962. The van der Waals surface area contributed by atoms with E-state index in [2.05, 4.69) is 16.4 Å². The molecule has 1 aromatic heterocycles. The van der Waals surface area contributed by atoms with Gasteiger partial charge in [-0.05, 0) is 31.9 Å². The molecule has 2 aromatic rings. The molecule has 0 bridgehead atoms. The standard InChI is InChI=1S/C18H23N3O2S/c1-4-19-18-20-12(2)16(24-18)17(22)21-10-9-13(11-21)14-7-5-6-8-15(14)23-3/h5-8,13H,4,9-11H2,1-3H3,(H,19,20)/t13-/m1/s1. The van der Waals surface area contributed by atoms with E-state index in [9.17, 15) is 4.79 Å². The summed E-state index contributed by atoms with van der Waals surface area (Å²) in [5.41, 5.74) is 1.99. The van der Waals surface area contributed by atoms with Crippen molar-refractivity contribution in [2.75, 3.05) is 32.1 Å². The average molecular weight is 345 g/mol. The second-order valence-electron chi connectivity index (χ2n) is 5.94. The fourth-order valence-electron chi connectivity index (χ4n) is 3.17. The Bertz CT molecular complexity index is 729. The number of nitrogens with zero attached hydrogens (tertiary/aromatic N) is 2. The number of hydrogen-bond donors (Lipinski definition) is 1. The number of hydrogen-bond acceptors (Lipinski definition) is 5. The number of aromatic nitrogens is 1. The summed E-state index contributed by atoms with van der Waals surface area (Å²) in [6, 6.07) is 8.08. The van der Waals surface area contributed by atoms with Crippen molar-refractivity contribution in [1.29, 1.82) is 0 Å². The molecule has 1 aliphatic heterocycles. The van der Waals surface area contributed by atoms with E-state index in [1.54, 1.807) is 7.11 Å². The van der Waals surface area contributed by atoms with E-state index in [-0.39, 0.29) is 5.91 Å². The van der Waals surface area contributed by atoms with Crippen LogP contribution in [0.5, 0.6) is 5.75 Å². The van der Waals surface area contributed by atoms with Gasteiger partial charge < -0.3 is 15.0 Å². The Labute approximate surface area is 146 Å². The van der Waals surface area contributed by atoms with Crippen molar-refractivity contribution >= 4 is 22.4 Å². The van der Waals surface area contributed by atoms with Crippen LogP contribution in [0.1, 0.15) is 40.2 Å². The van der Waals surface area contributed by atoms with E-state index in [0.29, 0.717) is 5.92 Å². The third-order valence-electron chi connectivity index (χ3n) is 4.37. The molecular formula is C18H23N3O2S. The van der Waals surface area contributed by atoms with E-state index >= 15 is 0 Å². The predicted molar refractivity (Wildman–Crippen MR) is 97.3 cm³/mol. The maximum Gasteiger partial charge on any atom is 0.265 e. The van der Waals surface area contributed by atoms with Crippen molar-refractivity contribution in [2.24, 2.45) is 0 Å². The van der Waals surface area contributed by atoms with Gasteiger partial charge >= 0.3 is 0 Å². The molecular weight excluding hydrogens is 322 g/mol. The Morgan fingerprint density at radius 2 is 2.25 bits per heavy atom. The third kappa shape index (κ3) is 3.24. The zero-order valence-electron chi connectivity index (χ0n) is 14.3. The fraction of sp³-hybridized carbons (Fsp3) is 0.444. The number of carbonyl (C=O) groups is 1. The van der Waals surface area contributed by atoms with E-state index in [0.717, 1.165) is 47.5 Å². The van der Waals surface area contributed by atoms with Crippen molar-refractivity contribution in [3.8, 4) is 5.75 Å². The van der Waals surface area contributed by atoms with Crippen LogP contribution in [0.3, 0.4) is 0 Å². The van der Waals surface area contributed by atoms with Crippen molar-refractivity contribution in [1.82, 2.24) is 9.88 Å². The van der Waals surface area contributed by atoms with Gasteiger partial charge in [0.25, 0.3) is 5.91 Å². The average Bonchev–Trinajstić information content (AvgIpc) is 3.21. The van der Waals surface area contributed by atoms with Gasteiger partial charge in [-0.25, -0.2) is 4.98 Å². The molecule has 0 spiro atoms. The Balaban J connectivity index is 1.74. The molecule has 1 aromatic carbocycles. The molecule has 0 radical (unpaired) electrons. The van der Waals surface area contributed by atoms with Crippen LogP contribution in [0.15, 0.2) is 24.3 Å². The second-order valence-corrected chi connectivity index (χ2v) is 6.94. The Morgan fingerprint density at radius 1 is 1.46 bits per heavy atom. The number of carbonyl (C=O) groups excluding carboxylic acids is 1. The highest BCUT2D eigenvalue weighted by atomic mass is 32.1. The summed E-state index contributed by atoms with van der Waals surface area (Å²) < 4.78 is 5.47. The van der Waals surface area contributed by atoms with E-state index < -0.39 is 0 Å². The molecule has 5 nitrogen and oxygen atoms in total. The molecule has 1 N–H and O–H groups in total. The summed E-state index contributed by atoms with van der Waals surface area (Å²) in [5.74, 6) is 1.32. The summed E-state index contributed by atoms with van der Waals surface area (Å²) in [7, 11) is 1.69. The minimum absolute atomic E-state index is 0.0894. The first kappa shape index (κ1) is 16.8.